The van der Waals surface area contributed by atoms with Gasteiger partial charge in [-0.25, -0.2) is 4.98 Å². The van der Waals surface area contributed by atoms with Gasteiger partial charge in [0, 0.05) is 30.5 Å². The van der Waals surface area contributed by atoms with E-state index in [2.05, 4.69) is 20.8 Å². The van der Waals surface area contributed by atoms with E-state index < -0.39 is 0 Å². The third kappa shape index (κ3) is 4.54. The summed E-state index contributed by atoms with van der Waals surface area (Å²) in [6, 6.07) is 9.54. The van der Waals surface area contributed by atoms with Crippen molar-refractivity contribution in [1.82, 2.24) is 15.5 Å². The van der Waals surface area contributed by atoms with Gasteiger partial charge in [0.05, 0.1) is 5.69 Å². The molecule has 0 aliphatic carbocycles. The van der Waals surface area contributed by atoms with E-state index in [4.69, 9.17) is 4.52 Å². The molecule has 2 aromatic heterocycles. The van der Waals surface area contributed by atoms with Crippen molar-refractivity contribution in [2.24, 2.45) is 0 Å². The number of aryl methyl sites for hydroxylation is 1. The molecular weight excluding hydrogens is 352 g/mol. The molecule has 0 spiro atoms. The molecule has 0 bridgehead atoms. The zero-order valence-electron chi connectivity index (χ0n) is 14.4. The first kappa shape index (κ1) is 17.8. The Hall–Kier alpha value is -3.00. The standard InChI is InChI=1S/C18H18N4O3S/c1-11-9-15(22-25-11)17(24)21-18-20-16(10-26-18)14-5-3-13(4-6-14)7-8-19-12(2)23/h3-6,9-10H,7-8H2,1-2H3,(H,19,23)(H,20,21,24). The lowest BCUT2D eigenvalue weighted by Gasteiger charge is -2.03. The van der Waals surface area contributed by atoms with E-state index in [-0.39, 0.29) is 17.5 Å². The van der Waals surface area contributed by atoms with Crippen molar-refractivity contribution in [3.05, 3.63) is 52.7 Å². The molecule has 0 fully saturated rings. The SMILES string of the molecule is CC(=O)NCCc1ccc(-c2csc(NC(=O)c3cc(C)on3)n2)cc1. The minimum atomic E-state index is -0.351. The number of amides is 2. The number of rotatable bonds is 6. The molecule has 0 radical (unpaired) electrons. The predicted molar refractivity (Wildman–Crippen MR) is 99.1 cm³/mol. The predicted octanol–water partition coefficient (Wildman–Crippen LogP) is 3.04. The zero-order chi connectivity index (χ0) is 18.5. The van der Waals surface area contributed by atoms with Crippen LogP contribution in [0.15, 0.2) is 40.2 Å². The molecule has 2 N–H and O–H groups in total. The van der Waals surface area contributed by atoms with Crippen LogP contribution < -0.4 is 10.6 Å². The molecule has 134 valence electrons. The summed E-state index contributed by atoms with van der Waals surface area (Å²) in [5.74, 6) is 0.198. The second-order valence-electron chi connectivity index (χ2n) is 5.74. The molecule has 0 atom stereocenters. The zero-order valence-corrected chi connectivity index (χ0v) is 15.2. The molecule has 0 aliphatic rings. The van der Waals surface area contributed by atoms with Gasteiger partial charge in [-0.05, 0) is 18.9 Å². The smallest absolute Gasteiger partial charge is 0.279 e. The van der Waals surface area contributed by atoms with E-state index in [1.54, 1.807) is 13.0 Å². The highest BCUT2D eigenvalue weighted by atomic mass is 32.1. The lowest BCUT2D eigenvalue weighted by Crippen LogP contribution is -2.22. The molecule has 3 rings (SSSR count). The maximum absolute atomic E-state index is 12.1. The van der Waals surface area contributed by atoms with Crippen LogP contribution in [0, 0.1) is 6.92 Å². The lowest BCUT2D eigenvalue weighted by molar-refractivity contribution is -0.118. The van der Waals surface area contributed by atoms with Crippen LogP contribution in [0.3, 0.4) is 0 Å². The van der Waals surface area contributed by atoms with Gasteiger partial charge in [0.15, 0.2) is 10.8 Å². The van der Waals surface area contributed by atoms with E-state index in [0.717, 1.165) is 23.2 Å². The van der Waals surface area contributed by atoms with E-state index in [9.17, 15) is 9.59 Å². The first-order valence-corrected chi connectivity index (χ1v) is 8.93. The second kappa shape index (κ2) is 7.92. The summed E-state index contributed by atoms with van der Waals surface area (Å²) in [6.07, 6.45) is 0.773. The summed E-state index contributed by atoms with van der Waals surface area (Å²) in [4.78, 5) is 27.4. The molecule has 0 saturated heterocycles. The van der Waals surface area contributed by atoms with Crippen LogP contribution in [0.4, 0.5) is 5.13 Å². The Kier molecular flexibility index (Phi) is 5.43. The van der Waals surface area contributed by atoms with Crippen LogP contribution in [-0.2, 0) is 11.2 Å². The summed E-state index contributed by atoms with van der Waals surface area (Å²) in [7, 11) is 0. The maximum atomic E-state index is 12.1. The average Bonchev–Trinajstić information content (AvgIpc) is 3.24. The second-order valence-corrected chi connectivity index (χ2v) is 6.60. The van der Waals surface area contributed by atoms with Crippen molar-refractivity contribution >= 4 is 28.3 Å². The van der Waals surface area contributed by atoms with E-state index in [1.165, 1.54) is 18.3 Å². The fraction of sp³-hybridized carbons (Fsp3) is 0.222. The van der Waals surface area contributed by atoms with Gasteiger partial charge < -0.3 is 9.84 Å². The Labute approximate surface area is 154 Å². The van der Waals surface area contributed by atoms with Crippen molar-refractivity contribution in [3.8, 4) is 11.3 Å². The fourth-order valence-corrected chi connectivity index (χ4v) is 3.04. The van der Waals surface area contributed by atoms with E-state index in [0.29, 0.717) is 17.4 Å². The largest absolute Gasteiger partial charge is 0.361 e. The van der Waals surface area contributed by atoms with Crippen molar-refractivity contribution in [2.75, 3.05) is 11.9 Å². The van der Waals surface area contributed by atoms with Gasteiger partial charge in [0.1, 0.15) is 5.76 Å². The molecule has 8 heteroatoms. The number of carbonyl (C=O) groups is 2. The third-order valence-electron chi connectivity index (χ3n) is 3.62. The highest BCUT2D eigenvalue weighted by Crippen LogP contribution is 2.25. The summed E-state index contributed by atoms with van der Waals surface area (Å²) < 4.78 is 4.90. The molecule has 2 amide bonds. The fourth-order valence-electron chi connectivity index (χ4n) is 2.32. The summed E-state index contributed by atoms with van der Waals surface area (Å²) >= 11 is 1.35. The van der Waals surface area contributed by atoms with Crippen molar-refractivity contribution in [2.45, 2.75) is 20.3 Å². The number of thiazole rings is 1. The number of nitrogens with one attached hydrogen (secondary N) is 2. The van der Waals surface area contributed by atoms with E-state index >= 15 is 0 Å². The number of nitrogens with zero attached hydrogens (tertiary/aromatic N) is 2. The number of hydrogen-bond acceptors (Lipinski definition) is 6. The monoisotopic (exact) mass is 370 g/mol. The first-order chi connectivity index (χ1) is 12.5. The average molecular weight is 370 g/mol. The van der Waals surface area contributed by atoms with Crippen LogP contribution in [0.5, 0.6) is 0 Å². The summed E-state index contributed by atoms with van der Waals surface area (Å²) in [6.45, 7) is 3.85. The Morgan fingerprint density at radius 2 is 2.00 bits per heavy atom. The maximum Gasteiger partial charge on any atom is 0.279 e. The molecule has 2 heterocycles. The van der Waals surface area contributed by atoms with Crippen LogP contribution in [0.1, 0.15) is 28.7 Å². The number of anilines is 1. The van der Waals surface area contributed by atoms with Gasteiger partial charge in [0.2, 0.25) is 5.91 Å². The normalized spacial score (nSPS) is 10.5. The molecule has 7 nitrogen and oxygen atoms in total. The molecule has 1 aromatic carbocycles. The first-order valence-electron chi connectivity index (χ1n) is 8.05. The minimum absolute atomic E-state index is 0.0283. The number of benzene rings is 1. The number of carbonyl (C=O) groups excluding carboxylic acids is 2. The topological polar surface area (TPSA) is 97.1 Å². The number of hydrogen-bond donors (Lipinski definition) is 2. The summed E-state index contributed by atoms with van der Waals surface area (Å²) in [5.41, 5.74) is 3.10. The van der Waals surface area contributed by atoms with Gasteiger partial charge in [-0.15, -0.1) is 11.3 Å². The minimum Gasteiger partial charge on any atom is -0.361 e. The molecule has 0 unspecified atom stereocenters. The van der Waals surface area contributed by atoms with Gasteiger partial charge in [0.25, 0.3) is 5.91 Å². The van der Waals surface area contributed by atoms with Crippen LogP contribution >= 0.6 is 11.3 Å². The molecule has 3 aromatic rings. The third-order valence-corrected chi connectivity index (χ3v) is 4.38. The van der Waals surface area contributed by atoms with Crippen molar-refractivity contribution in [1.29, 1.82) is 0 Å². The Bertz CT molecular complexity index is 915. The van der Waals surface area contributed by atoms with E-state index in [1.807, 2.05) is 29.6 Å². The Morgan fingerprint density at radius 1 is 1.23 bits per heavy atom. The Morgan fingerprint density at radius 3 is 2.65 bits per heavy atom. The molecule has 26 heavy (non-hydrogen) atoms. The van der Waals surface area contributed by atoms with Gasteiger partial charge in [-0.3, -0.25) is 14.9 Å². The van der Waals surface area contributed by atoms with Gasteiger partial charge in [-0.2, -0.15) is 0 Å². The number of aromatic nitrogens is 2. The molecule has 0 aliphatic heterocycles. The van der Waals surface area contributed by atoms with Crippen LogP contribution in [-0.4, -0.2) is 28.5 Å². The molecular formula is C18H18N4O3S. The van der Waals surface area contributed by atoms with Crippen LogP contribution in [0.2, 0.25) is 0 Å². The van der Waals surface area contributed by atoms with Crippen molar-refractivity contribution < 1.29 is 14.1 Å². The lowest BCUT2D eigenvalue weighted by atomic mass is 10.1. The quantitative estimate of drug-likeness (QED) is 0.695. The van der Waals surface area contributed by atoms with Gasteiger partial charge >= 0.3 is 0 Å². The Balaban J connectivity index is 1.62. The molecule has 0 saturated carbocycles. The van der Waals surface area contributed by atoms with Gasteiger partial charge in [-0.1, -0.05) is 29.4 Å². The van der Waals surface area contributed by atoms with Crippen LogP contribution in [0.25, 0.3) is 11.3 Å². The highest BCUT2D eigenvalue weighted by Gasteiger charge is 2.13. The van der Waals surface area contributed by atoms with Crippen molar-refractivity contribution in [3.63, 3.8) is 0 Å². The highest BCUT2D eigenvalue weighted by molar-refractivity contribution is 7.14. The summed E-state index contributed by atoms with van der Waals surface area (Å²) in [5, 5.41) is 11.6.